The third-order valence-electron chi connectivity index (χ3n) is 8.85. The van der Waals surface area contributed by atoms with Gasteiger partial charge in [0.2, 0.25) is 0 Å². The number of aldehydes is 2. The second-order valence-electron chi connectivity index (χ2n) is 11.8. The Morgan fingerprint density at radius 1 is 1.06 bits per heavy atom. The van der Waals surface area contributed by atoms with Crippen molar-refractivity contribution in [3.05, 3.63) is 28.3 Å². The van der Waals surface area contributed by atoms with E-state index in [-0.39, 0.29) is 39.9 Å². The van der Waals surface area contributed by atoms with Gasteiger partial charge in [0.1, 0.15) is 22.8 Å². The molecule has 1 aromatic rings. The van der Waals surface area contributed by atoms with Crippen molar-refractivity contribution in [2.75, 3.05) is 0 Å². The minimum atomic E-state index is -0.535. The zero-order chi connectivity index (χ0) is 24.3. The van der Waals surface area contributed by atoms with Gasteiger partial charge in [-0.05, 0) is 75.0 Å². The Morgan fingerprint density at radius 2 is 1.73 bits per heavy atom. The van der Waals surface area contributed by atoms with E-state index in [1.54, 1.807) is 0 Å². The zero-order valence-corrected chi connectivity index (χ0v) is 20.8. The molecule has 2 N–H and O–H groups in total. The smallest absolute Gasteiger partial charge is 0.157 e. The lowest BCUT2D eigenvalue weighted by atomic mass is 9.65. The van der Waals surface area contributed by atoms with E-state index in [0.717, 1.165) is 32.1 Å². The number of allylic oxidation sites excluding steroid dienone is 2. The van der Waals surface area contributed by atoms with Gasteiger partial charge in [0.05, 0.1) is 11.1 Å². The molecular formula is C28H38O5. The van der Waals surface area contributed by atoms with Crippen molar-refractivity contribution < 1.29 is 24.5 Å². The quantitative estimate of drug-likeness (QED) is 0.405. The van der Waals surface area contributed by atoms with E-state index < -0.39 is 11.4 Å². The molecule has 1 fully saturated rings. The Labute approximate surface area is 197 Å². The largest absolute Gasteiger partial charge is 0.507 e. The van der Waals surface area contributed by atoms with Crippen molar-refractivity contribution in [2.45, 2.75) is 85.2 Å². The minimum absolute atomic E-state index is 0.0314. The van der Waals surface area contributed by atoms with E-state index in [1.165, 1.54) is 5.57 Å². The number of hydrogen-bond acceptors (Lipinski definition) is 5. The molecule has 1 aromatic carbocycles. The first-order valence-electron chi connectivity index (χ1n) is 12.3. The molecule has 2 aliphatic carbocycles. The molecule has 4 rings (SSSR count). The lowest BCUT2D eigenvalue weighted by Gasteiger charge is -2.49. The molecule has 0 saturated heterocycles. The molecule has 0 bridgehead atoms. The Morgan fingerprint density at radius 3 is 2.33 bits per heavy atom. The molecule has 1 saturated carbocycles. The normalized spacial score (nSPS) is 34.1. The highest BCUT2D eigenvalue weighted by atomic mass is 16.5. The van der Waals surface area contributed by atoms with Crippen LogP contribution in [0.2, 0.25) is 0 Å². The van der Waals surface area contributed by atoms with Gasteiger partial charge < -0.3 is 14.9 Å². The van der Waals surface area contributed by atoms with E-state index in [4.69, 9.17) is 4.74 Å². The predicted octanol–water partition coefficient (Wildman–Crippen LogP) is 6.41. The van der Waals surface area contributed by atoms with Crippen LogP contribution in [0.3, 0.4) is 0 Å². The summed E-state index contributed by atoms with van der Waals surface area (Å²) in [5.74, 6) is 1.08. The minimum Gasteiger partial charge on any atom is -0.507 e. The van der Waals surface area contributed by atoms with Crippen LogP contribution in [0.5, 0.6) is 17.2 Å². The molecule has 1 heterocycles. The lowest BCUT2D eigenvalue weighted by molar-refractivity contribution is -0.0253. The molecule has 0 amide bonds. The molecule has 5 heteroatoms. The third kappa shape index (κ3) is 3.77. The molecule has 5 nitrogen and oxygen atoms in total. The summed E-state index contributed by atoms with van der Waals surface area (Å²) in [7, 11) is 0. The van der Waals surface area contributed by atoms with Gasteiger partial charge in [0.25, 0.3) is 0 Å². The average Bonchev–Trinajstić information content (AvgIpc) is 3.24. The lowest BCUT2D eigenvalue weighted by Crippen LogP contribution is -2.48. The predicted molar refractivity (Wildman–Crippen MR) is 128 cm³/mol. The van der Waals surface area contributed by atoms with Gasteiger partial charge in [-0.25, -0.2) is 0 Å². The Hall–Kier alpha value is -2.30. The fourth-order valence-electron chi connectivity index (χ4n) is 6.79. The fourth-order valence-corrected chi connectivity index (χ4v) is 6.79. The Kier molecular flexibility index (Phi) is 5.91. The monoisotopic (exact) mass is 454 g/mol. The van der Waals surface area contributed by atoms with Crippen LogP contribution in [0, 0.1) is 29.1 Å². The van der Waals surface area contributed by atoms with Crippen molar-refractivity contribution in [1.82, 2.24) is 0 Å². The summed E-state index contributed by atoms with van der Waals surface area (Å²) in [4.78, 5) is 23.8. The molecule has 33 heavy (non-hydrogen) atoms. The summed E-state index contributed by atoms with van der Waals surface area (Å²) in [5.41, 5.74) is 1.39. The van der Waals surface area contributed by atoms with Gasteiger partial charge in [-0.3, -0.25) is 9.59 Å². The number of benzene rings is 1. The summed E-state index contributed by atoms with van der Waals surface area (Å²) in [6.07, 6.45) is 7.96. The molecule has 5 atom stereocenters. The van der Waals surface area contributed by atoms with Crippen molar-refractivity contribution in [1.29, 1.82) is 0 Å². The Bertz CT molecular complexity index is 1000. The van der Waals surface area contributed by atoms with E-state index >= 15 is 0 Å². The first-order valence-corrected chi connectivity index (χ1v) is 12.3. The summed E-state index contributed by atoms with van der Waals surface area (Å²) in [5, 5.41) is 21.7. The van der Waals surface area contributed by atoms with Crippen LogP contribution in [-0.4, -0.2) is 28.4 Å². The maximum absolute atomic E-state index is 12.0. The first kappa shape index (κ1) is 23.8. The fraction of sp³-hybridized carbons (Fsp3) is 0.643. The van der Waals surface area contributed by atoms with Gasteiger partial charge in [-0.15, -0.1) is 0 Å². The standard InChI is InChI=1S/C28H38O5/c1-15(2)11-17-20-8-7-16(3)12-22-21(27(22,4)5)9-10-28(20,6)33-26-19(14-30)24(31)18(13-29)25(32)23(17)26/h12-15,17,20-22,31-32H,7-11H2,1-6H3/b16-12-/t17-,20+,21+,22-,28-/m0/s1. The third-order valence-corrected chi connectivity index (χ3v) is 8.85. The molecule has 0 spiro atoms. The summed E-state index contributed by atoms with van der Waals surface area (Å²) in [6, 6.07) is 0. The SMILES string of the molecule is C/C1=C/[C@H]2[C@@H](CC[C@]3(C)Oc4c(C=O)c(O)c(C=O)c(O)c4[C@@H](CC(C)C)[C@H]3CC1)C2(C)C. The van der Waals surface area contributed by atoms with E-state index in [2.05, 4.69) is 47.6 Å². The summed E-state index contributed by atoms with van der Waals surface area (Å²) in [6.45, 7) is 13.3. The van der Waals surface area contributed by atoms with Crippen LogP contribution in [0.15, 0.2) is 11.6 Å². The van der Waals surface area contributed by atoms with Crippen LogP contribution in [0.25, 0.3) is 0 Å². The van der Waals surface area contributed by atoms with Crippen LogP contribution in [-0.2, 0) is 0 Å². The topological polar surface area (TPSA) is 83.8 Å². The highest BCUT2D eigenvalue weighted by Crippen LogP contribution is 2.64. The summed E-state index contributed by atoms with van der Waals surface area (Å²) >= 11 is 0. The Balaban J connectivity index is 1.89. The molecule has 0 unspecified atom stereocenters. The molecule has 180 valence electrons. The molecular weight excluding hydrogens is 416 g/mol. The van der Waals surface area contributed by atoms with Gasteiger partial charge in [0, 0.05) is 11.5 Å². The van der Waals surface area contributed by atoms with Crippen molar-refractivity contribution in [3.63, 3.8) is 0 Å². The highest BCUT2D eigenvalue weighted by Gasteiger charge is 2.57. The van der Waals surface area contributed by atoms with Gasteiger partial charge in [-0.2, -0.15) is 0 Å². The molecule has 0 radical (unpaired) electrons. The van der Waals surface area contributed by atoms with Crippen LogP contribution >= 0.6 is 0 Å². The maximum Gasteiger partial charge on any atom is 0.157 e. The number of phenols is 2. The van der Waals surface area contributed by atoms with Crippen molar-refractivity contribution in [2.24, 2.45) is 29.1 Å². The van der Waals surface area contributed by atoms with E-state index in [9.17, 15) is 19.8 Å². The molecule has 1 aliphatic heterocycles. The van der Waals surface area contributed by atoms with Crippen molar-refractivity contribution >= 4 is 12.6 Å². The zero-order valence-electron chi connectivity index (χ0n) is 20.8. The second kappa shape index (κ2) is 8.18. The number of hydrogen-bond donors (Lipinski definition) is 2. The van der Waals surface area contributed by atoms with Gasteiger partial charge >= 0.3 is 0 Å². The maximum atomic E-state index is 12.0. The number of fused-ring (bicyclic) bond motifs is 3. The van der Waals surface area contributed by atoms with Crippen LogP contribution < -0.4 is 4.74 Å². The van der Waals surface area contributed by atoms with E-state index in [1.807, 2.05) is 0 Å². The number of carbonyl (C=O) groups excluding carboxylic acids is 2. The summed E-state index contributed by atoms with van der Waals surface area (Å²) < 4.78 is 6.63. The van der Waals surface area contributed by atoms with Crippen molar-refractivity contribution in [3.8, 4) is 17.2 Å². The second-order valence-corrected chi connectivity index (χ2v) is 11.8. The van der Waals surface area contributed by atoms with Crippen LogP contribution in [0.1, 0.15) is 106 Å². The van der Waals surface area contributed by atoms with Gasteiger partial charge in [-0.1, -0.05) is 39.3 Å². The number of ether oxygens (including phenoxy) is 1. The van der Waals surface area contributed by atoms with E-state index in [0.29, 0.717) is 35.9 Å². The first-order chi connectivity index (χ1) is 15.5. The number of phenolic OH excluding ortho intramolecular Hbond substituents is 2. The van der Waals surface area contributed by atoms with Gasteiger partial charge in [0.15, 0.2) is 12.6 Å². The average molecular weight is 455 g/mol. The van der Waals surface area contributed by atoms with Crippen LogP contribution in [0.4, 0.5) is 0 Å². The number of aromatic hydroxyl groups is 2. The molecule has 0 aromatic heterocycles. The molecule has 3 aliphatic rings. The number of carbonyl (C=O) groups is 2. The highest BCUT2D eigenvalue weighted by molar-refractivity contribution is 5.95. The number of rotatable bonds is 4.